The molecule has 0 spiro atoms. The Hall–Kier alpha value is -2.89. The average molecular weight is 368 g/mol. The Bertz CT molecular complexity index is 1010. The molecule has 0 aliphatic carbocycles. The van der Waals surface area contributed by atoms with Crippen molar-refractivity contribution in [3.63, 3.8) is 0 Å². The van der Waals surface area contributed by atoms with Gasteiger partial charge in [-0.3, -0.25) is 0 Å². The largest absolute Gasteiger partial charge is 0.309 e. The molecule has 0 amide bonds. The minimum absolute atomic E-state index is 0.765. The zero-order valence-electron chi connectivity index (χ0n) is 15.0. The van der Waals surface area contributed by atoms with E-state index in [-0.39, 0.29) is 0 Å². The number of hydrogen-bond donors (Lipinski definition) is 0. The predicted molar refractivity (Wildman–Crippen MR) is 115 cm³/mol. The maximum atomic E-state index is 14.6. The zero-order chi connectivity index (χ0) is 18.5. The SMILES string of the molecule is O=P(c1ccccc1)(c1ccccc1)c1ccccc1Cc1ccccc1. The van der Waals surface area contributed by atoms with Crippen LogP contribution in [-0.2, 0) is 11.0 Å². The highest BCUT2D eigenvalue weighted by molar-refractivity contribution is 7.85. The molecule has 0 saturated heterocycles. The summed E-state index contributed by atoms with van der Waals surface area (Å²) < 4.78 is 14.6. The molecule has 0 atom stereocenters. The Morgan fingerprint density at radius 2 is 0.963 bits per heavy atom. The van der Waals surface area contributed by atoms with Gasteiger partial charge in [-0.05, 0) is 17.5 Å². The van der Waals surface area contributed by atoms with E-state index in [4.69, 9.17) is 0 Å². The summed E-state index contributed by atoms with van der Waals surface area (Å²) in [7, 11) is -2.95. The van der Waals surface area contributed by atoms with E-state index in [9.17, 15) is 4.57 Å². The van der Waals surface area contributed by atoms with Crippen LogP contribution in [-0.4, -0.2) is 0 Å². The minimum atomic E-state index is -2.95. The van der Waals surface area contributed by atoms with Crippen molar-refractivity contribution in [3.05, 3.63) is 126 Å². The highest BCUT2D eigenvalue weighted by Crippen LogP contribution is 2.43. The molecular formula is C25H21OP. The fraction of sp³-hybridized carbons (Fsp3) is 0.0400. The molecule has 4 aromatic rings. The van der Waals surface area contributed by atoms with E-state index in [2.05, 4.69) is 18.2 Å². The van der Waals surface area contributed by atoms with Crippen molar-refractivity contribution in [1.29, 1.82) is 0 Å². The van der Waals surface area contributed by atoms with E-state index in [1.807, 2.05) is 97.1 Å². The summed E-state index contributed by atoms with van der Waals surface area (Å²) in [6.45, 7) is 0. The molecule has 0 unspecified atom stereocenters. The first kappa shape index (κ1) is 17.5. The van der Waals surface area contributed by atoms with E-state index in [0.29, 0.717) is 0 Å². The molecule has 1 nitrogen and oxygen atoms in total. The van der Waals surface area contributed by atoms with Gasteiger partial charge in [-0.25, -0.2) is 0 Å². The van der Waals surface area contributed by atoms with E-state index in [1.165, 1.54) is 5.56 Å². The quantitative estimate of drug-likeness (QED) is 0.457. The van der Waals surface area contributed by atoms with Crippen molar-refractivity contribution in [2.24, 2.45) is 0 Å². The van der Waals surface area contributed by atoms with Crippen molar-refractivity contribution < 1.29 is 4.57 Å². The van der Waals surface area contributed by atoms with Gasteiger partial charge in [0.2, 0.25) is 0 Å². The molecule has 0 radical (unpaired) electrons. The smallest absolute Gasteiger partial charge is 0.171 e. The third kappa shape index (κ3) is 3.52. The lowest BCUT2D eigenvalue weighted by Gasteiger charge is -2.23. The molecule has 0 saturated carbocycles. The molecule has 0 bridgehead atoms. The maximum Gasteiger partial charge on any atom is 0.171 e. The summed E-state index contributed by atoms with van der Waals surface area (Å²) in [6, 6.07) is 38.2. The van der Waals surface area contributed by atoms with Crippen LogP contribution in [0.3, 0.4) is 0 Å². The number of hydrogen-bond acceptors (Lipinski definition) is 1. The van der Waals surface area contributed by atoms with Gasteiger partial charge in [0.25, 0.3) is 0 Å². The normalized spacial score (nSPS) is 11.3. The molecule has 0 heterocycles. The van der Waals surface area contributed by atoms with E-state index in [1.54, 1.807) is 0 Å². The Balaban J connectivity index is 1.91. The molecule has 0 aromatic heterocycles. The van der Waals surface area contributed by atoms with Crippen molar-refractivity contribution in [2.75, 3.05) is 0 Å². The van der Waals surface area contributed by atoms with Crippen molar-refractivity contribution >= 4 is 23.1 Å². The Kier molecular flexibility index (Phi) is 5.05. The summed E-state index contributed by atoms with van der Waals surface area (Å²) in [5.41, 5.74) is 2.33. The highest BCUT2D eigenvalue weighted by Gasteiger charge is 2.31. The van der Waals surface area contributed by atoms with Gasteiger partial charge in [0, 0.05) is 15.9 Å². The summed E-state index contributed by atoms with van der Waals surface area (Å²) in [4.78, 5) is 0. The molecule has 4 aromatic carbocycles. The molecule has 0 aliphatic heterocycles. The monoisotopic (exact) mass is 368 g/mol. The summed E-state index contributed by atoms with van der Waals surface area (Å²) in [5, 5.41) is 2.67. The fourth-order valence-electron chi connectivity index (χ4n) is 3.49. The van der Waals surface area contributed by atoms with Crippen LogP contribution in [0.1, 0.15) is 11.1 Å². The molecule has 0 aliphatic rings. The van der Waals surface area contributed by atoms with Crippen molar-refractivity contribution in [2.45, 2.75) is 6.42 Å². The van der Waals surface area contributed by atoms with Crippen molar-refractivity contribution in [3.8, 4) is 0 Å². The first-order valence-electron chi connectivity index (χ1n) is 9.12. The van der Waals surface area contributed by atoms with Gasteiger partial charge in [-0.15, -0.1) is 0 Å². The van der Waals surface area contributed by atoms with Crippen LogP contribution in [0.5, 0.6) is 0 Å². The fourth-order valence-corrected chi connectivity index (χ4v) is 6.38. The summed E-state index contributed by atoms with van der Waals surface area (Å²) in [6.07, 6.45) is 0.765. The third-order valence-corrected chi connectivity index (χ3v) is 7.97. The average Bonchev–Trinajstić information content (AvgIpc) is 2.75. The lowest BCUT2D eigenvalue weighted by atomic mass is 10.1. The molecule has 0 fully saturated rings. The number of benzene rings is 4. The summed E-state index contributed by atoms with van der Waals surface area (Å²) >= 11 is 0. The lowest BCUT2D eigenvalue weighted by Crippen LogP contribution is -2.27. The molecule has 4 rings (SSSR count). The van der Waals surface area contributed by atoms with Crippen LogP contribution >= 0.6 is 7.14 Å². The lowest BCUT2D eigenvalue weighted by molar-refractivity contribution is 0.592. The van der Waals surface area contributed by atoms with Gasteiger partial charge >= 0.3 is 0 Å². The van der Waals surface area contributed by atoms with Crippen LogP contribution < -0.4 is 15.9 Å². The Labute approximate surface area is 160 Å². The van der Waals surface area contributed by atoms with Crippen LogP contribution in [0.4, 0.5) is 0 Å². The molecule has 27 heavy (non-hydrogen) atoms. The van der Waals surface area contributed by atoms with Gasteiger partial charge in [-0.1, -0.05) is 115 Å². The maximum absolute atomic E-state index is 14.6. The van der Waals surface area contributed by atoms with Gasteiger partial charge in [0.1, 0.15) is 0 Å². The topological polar surface area (TPSA) is 17.1 Å². The molecule has 0 N–H and O–H groups in total. The standard InChI is InChI=1S/C25H21OP/c26-27(23-15-6-2-7-16-23,24-17-8-3-9-18-24)25-19-11-10-14-22(25)20-21-12-4-1-5-13-21/h1-19H,20H2. The first-order chi connectivity index (χ1) is 13.3. The van der Waals surface area contributed by atoms with Gasteiger partial charge < -0.3 is 4.57 Å². The van der Waals surface area contributed by atoms with Crippen molar-refractivity contribution in [1.82, 2.24) is 0 Å². The van der Waals surface area contributed by atoms with Crippen LogP contribution in [0.25, 0.3) is 0 Å². The molecule has 132 valence electrons. The Morgan fingerprint density at radius 1 is 0.519 bits per heavy atom. The Morgan fingerprint density at radius 3 is 1.52 bits per heavy atom. The number of rotatable bonds is 5. The summed E-state index contributed by atoms with van der Waals surface area (Å²) in [5.74, 6) is 0. The van der Waals surface area contributed by atoms with Gasteiger partial charge in [0.15, 0.2) is 7.14 Å². The van der Waals surface area contributed by atoms with Crippen LogP contribution in [0.2, 0.25) is 0 Å². The van der Waals surface area contributed by atoms with E-state index in [0.717, 1.165) is 27.9 Å². The first-order valence-corrected chi connectivity index (χ1v) is 10.8. The zero-order valence-corrected chi connectivity index (χ0v) is 15.9. The second-order valence-corrected chi connectivity index (χ2v) is 9.30. The van der Waals surface area contributed by atoms with E-state index >= 15 is 0 Å². The van der Waals surface area contributed by atoms with Crippen LogP contribution in [0, 0.1) is 0 Å². The second-order valence-electron chi connectivity index (χ2n) is 6.57. The van der Waals surface area contributed by atoms with E-state index < -0.39 is 7.14 Å². The predicted octanol–water partition coefficient (Wildman–Crippen LogP) is 4.92. The van der Waals surface area contributed by atoms with Crippen LogP contribution in [0.15, 0.2) is 115 Å². The minimum Gasteiger partial charge on any atom is -0.309 e. The molecule has 2 heteroatoms. The van der Waals surface area contributed by atoms with Gasteiger partial charge in [-0.2, -0.15) is 0 Å². The second kappa shape index (κ2) is 7.78. The van der Waals surface area contributed by atoms with Gasteiger partial charge in [0.05, 0.1) is 0 Å². The molecular weight excluding hydrogens is 347 g/mol. The third-order valence-electron chi connectivity index (χ3n) is 4.81. The highest BCUT2D eigenvalue weighted by atomic mass is 31.2.